The summed E-state index contributed by atoms with van der Waals surface area (Å²) in [7, 11) is 0. The van der Waals surface area contributed by atoms with Crippen LogP contribution < -0.4 is 11.1 Å². The number of nitrogens with one attached hydrogen (secondary N) is 1. The van der Waals surface area contributed by atoms with Crippen molar-refractivity contribution in [3.8, 4) is 0 Å². The van der Waals surface area contributed by atoms with E-state index in [1.54, 1.807) is 11.8 Å². The Bertz CT molecular complexity index is 703. The highest BCUT2D eigenvalue weighted by Gasteiger charge is 2.41. The molecule has 1 aromatic rings. The molecule has 1 aliphatic carbocycles. The molecule has 2 aliphatic rings. The van der Waals surface area contributed by atoms with Crippen molar-refractivity contribution in [1.82, 2.24) is 10.2 Å². The van der Waals surface area contributed by atoms with Crippen molar-refractivity contribution in [3.05, 3.63) is 30.3 Å². The number of nitrogens with two attached hydrogens (primary N) is 1. The second-order valence-corrected chi connectivity index (χ2v) is 11.0. The fourth-order valence-corrected chi connectivity index (χ4v) is 5.78. The molecule has 1 saturated heterocycles. The van der Waals surface area contributed by atoms with E-state index in [1.807, 2.05) is 44.2 Å². The highest BCUT2D eigenvalue weighted by Crippen LogP contribution is 2.38. The topological polar surface area (TPSA) is 98.8 Å². The van der Waals surface area contributed by atoms with Gasteiger partial charge >= 0.3 is 0 Å². The van der Waals surface area contributed by atoms with Crippen molar-refractivity contribution in [2.75, 3.05) is 25.4 Å². The molecule has 7 heteroatoms. The van der Waals surface area contributed by atoms with E-state index < -0.39 is 11.6 Å². The minimum absolute atomic E-state index is 0.0532. The first-order valence-electron chi connectivity index (χ1n) is 11.6. The molecule has 1 aromatic carbocycles. The maximum absolute atomic E-state index is 13.1. The van der Waals surface area contributed by atoms with Crippen LogP contribution in [0, 0.1) is 11.8 Å². The van der Waals surface area contributed by atoms with E-state index in [0.717, 1.165) is 17.9 Å². The van der Waals surface area contributed by atoms with Crippen LogP contribution in [0.4, 0.5) is 0 Å². The number of aliphatic hydroxyl groups excluding tert-OH is 2. The number of carbonyl (C=O) groups is 1. The molecule has 0 unspecified atom stereocenters. The number of β-amino-alcohol motifs (C(OH)–C–C–N with tert-alkyl or cyclic N) is 1. The van der Waals surface area contributed by atoms with Crippen LogP contribution in [0.5, 0.6) is 0 Å². The summed E-state index contributed by atoms with van der Waals surface area (Å²) < 4.78 is 0. The fraction of sp³-hybridized carbons (Fsp3) is 0.708. The van der Waals surface area contributed by atoms with Gasteiger partial charge in [0.05, 0.1) is 24.3 Å². The lowest BCUT2D eigenvalue weighted by Gasteiger charge is -2.47. The summed E-state index contributed by atoms with van der Waals surface area (Å²) >= 11 is 1.64. The average Bonchev–Trinajstić information content (AvgIpc) is 2.77. The fourth-order valence-electron chi connectivity index (χ4n) is 4.83. The number of thioether (sulfide) groups is 1. The van der Waals surface area contributed by atoms with Gasteiger partial charge in [-0.1, -0.05) is 37.5 Å². The van der Waals surface area contributed by atoms with Gasteiger partial charge in [-0.25, -0.2) is 0 Å². The Labute approximate surface area is 191 Å². The van der Waals surface area contributed by atoms with Crippen LogP contribution >= 0.6 is 11.8 Å². The third-order valence-electron chi connectivity index (χ3n) is 6.76. The van der Waals surface area contributed by atoms with Gasteiger partial charge in [-0.3, -0.25) is 9.69 Å². The highest BCUT2D eigenvalue weighted by atomic mass is 32.2. The molecule has 3 rings (SSSR count). The first-order valence-corrected chi connectivity index (χ1v) is 12.6. The smallest absolute Gasteiger partial charge is 0.237 e. The Morgan fingerprint density at radius 2 is 1.94 bits per heavy atom. The van der Waals surface area contributed by atoms with Crippen molar-refractivity contribution in [1.29, 1.82) is 0 Å². The Kier molecular flexibility index (Phi) is 8.82. The number of hydrogen-bond acceptors (Lipinski definition) is 6. The second-order valence-electron chi connectivity index (χ2n) is 9.90. The molecule has 31 heavy (non-hydrogen) atoms. The molecule has 1 aliphatic heterocycles. The van der Waals surface area contributed by atoms with Gasteiger partial charge in [0, 0.05) is 29.8 Å². The van der Waals surface area contributed by atoms with Crippen molar-refractivity contribution >= 4 is 17.7 Å². The van der Waals surface area contributed by atoms with Crippen LogP contribution in [0.15, 0.2) is 35.2 Å². The molecule has 6 nitrogen and oxygen atoms in total. The van der Waals surface area contributed by atoms with Crippen molar-refractivity contribution in [2.24, 2.45) is 17.6 Å². The van der Waals surface area contributed by atoms with Crippen LogP contribution in [0.25, 0.3) is 0 Å². The Balaban J connectivity index is 1.63. The number of benzene rings is 1. The second kappa shape index (κ2) is 11.1. The van der Waals surface area contributed by atoms with Gasteiger partial charge in [-0.2, -0.15) is 0 Å². The summed E-state index contributed by atoms with van der Waals surface area (Å²) in [6.45, 7) is 4.77. The van der Waals surface area contributed by atoms with E-state index in [-0.39, 0.29) is 24.6 Å². The number of piperidine rings is 1. The van der Waals surface area contributed by atoms with Crippen LogP contribution in [0.1, 0.15) is 46.0 Å². The number of rotatable bonds is 9. The molecular weight excluding hydrogens is 410 g/mol. The first-order chi connectivity index (χ1) is 14.8. The number of likely N-dealkylation sites (tertiary alicyclic amines) is 1. The summed E-state index contributed by atoms with van der Waals surface area (Å²) in [5.74, 6) is 1.73. The largest absolute Gasteiger partial charge is 0.394 e. The van der Waals surface area contributed by atoms with Gasteiger partial charge in [0.15, 0.2) is 0 Å². The predicted octanol–water partition coefficient (Wildman–Crippen LogP) is 2.23. The highest BCUT2D eigenvalue weighted by molar-refractivity contribution is 7.99. The van der Waals surface area contributed by atoms with E-state index in [4.69, 9.17) is 5.73 Å². The minimum atomic E-state index is -0.697. The average molecular weight is 450 g/mol. The minimum Gasteiger partial charge on any atom is -0.394 e. The summed E-state index contributed by atoms with van der Waals surface area (Å²) in [5, 5.41) is 23.5. The number of carbonyl (C=O) groups excluding carboxylic acids is 1. The Morgan fingerprint density at radius 3 is 2.61 bits per heavy atom. The van der Waals surface area contributed by atoms with Crippen LogP contribution in [-0.2, 0) is 4.79 Å². The van der Waals surface area contributed by atoms with E-state index >= 15 is 0 Å². The summed E-state index contributed by atoms with van der Waals surface area (Å²) in [4.78, 5) is 16.4. The molecule has 5 atom stereocenters. The maximum atomic E-state index is 13.1. The number of hydrogen-bond donors (Lipinski definition) is 4. The zero-order chi connectivity index (χ0) is 22.4. The van der Waals surface area contributed by atoms with Crippen LogP contribution in [0.3, 0.4) is 0 Å². The SMILES string of the molecule is CC(C)(CO)NC(=O)[C@@H]1C[C@@H]2CCCC[C@H]2CN1C[C@@H](O)[C@@H](N)CSc1ccccc1. The van der Waals surface area contributed by atoms with Crippen LogP contribution in [-0.4, -0.2) is 70.2 Å². The molecule has 0 bridgehead atoms. The van der Waals surface area contributed by atoms with E-state index in [1.165, 1.54) is 25.7 Å². The van der Waals surface area contributed by atoms with Gasteiger partial charge in [-0.15, -0.1) is 11.8 Å². The lowest BCUT2D eigenvalue weighted by molar-refractivity contribution is -0.133. The summed E-state index contributed by atoms with van der Waals surface area (Å²) in [6, 6.07) is 9.41. The molecule has 1 saturated carbocycles. The molecule has 0 radical (unpaired) electrons. The zero-order valence-electron chi connectivity index (χ0n) is 18.9. The third kappa shape index (κ3) is 6.93. The predicted molar refractivity (Wildman–Crippen MR) is 126 cm³/mol. The molecule has 5 N–H and O–H groups in total. The molecule has 1 heterocycles. The third-order valence-corrected chi connectivity index (χ3v) is 7.92. The van der Waals surface area contributed by atoms with E-state index in [9.17, 15) is 15.0 Å². The number of amides is 1. The summed E-state index contributed by atoms with van der Waals surface area (Å²) in [6.07, 6.45) is 4.99. The summed E-state index contributed by atoms with van der Waals surface area (Å²) in [5.41, 5.74) is 5.67. The van der Waals surface area contributed by atoms with Crippen molar-refractivity contribution in [2.45, 2.75) is 74.6 Å². The quantitative estimate of drug-likeness (QED) is 0.432. The molecule has 1 amide bonds. The lowest BCUT2D eigenvalue weighted by Crippen LogP contribution is -2.60. The normalized spacial score (nSPS) is 26.7. The Morgan fingerprint density at radius 1 is 1.26 bits per heavy atom. The molecule has 0 spiro atoms. The number of fused-ring (bicyclic) bond motifs is 1. The monoisotopic (exact) mass is 449 g/mol. The standard InChI is InChI=1S/C24H39N3O3S/c1-24(2,16-28)26-23(30)21-12-17-8-6-7-9-18(17)13-27(21)14-22(29)20(25)15-31-19-10-4-3-5-11-19/h3-5,10-11,17-18,20-22,28-29H,6-9,12-16,25H2,1-2H3,(H,26,30)/t17-,18-,20-,21-,22+/m0/s1. The van der Waals surface area contributed by atoms with Gasteiger partial charge < -0.3 is 21.3 Å². The van der Waals surface area contributed by atoms with Gasteiger partial charge in [0.25, 0.3) is 0 Å². The molecule has 2 fully saturated rings. The molecule has 0 aromatic heterocycles. The molecular formula is C24H39N3O3S. The number of nitrogens with zero attached hydrogens (tertiary/aromatic N) is 1. The lowest BCUT2D eigenvalue weighted by atomic mass is 9.72. The van der Waals surface area contributed by atoms with Gasteiger partial charge in [0.1, 0.15) is 0 Å². The maximum Gasteiger partial charge on any atom is 0.237 e. The number of aliphatic hydroxyl groups is 2. The van der Waals surface area contributed by atoms with Gasteiger partial charge in [0.2, 0.25) is 5.91 Å². The van der Waals surface area contributed by atoms with Crippen molar-refractivity contribution < 1.29 is 15.0 Å². The van der Waals surface area contributed by atoms with Crippen LogP contribution in [0.2, 0.25) is 0 Å². The first kappa shape index (κ1) is 24.5. The Hall–Kier alpha value is -1.12. The van der Waals surface area contributed by atoms with E-state index in [0.29, 0.717) is 24.1 Å². The molecule has 174 valence electrons. The zero-order valence-corrected chi connectivity index (χ0v) is 19.7. The van der Waals surface area contributed by atoms with Gasteiger partial charge in [-0.05, 0) is 50.7 Å². The van der Waals surface area contributed by atoms with E-state index in [2.05, 4.69) is 10.2 Å². The van der Waals surface area contributed by atoms with Crippen molar-refractivity contribution in [3.63, 3.8) is 0 Å².